The van der Waals surface area contributed by atoms with E-state index in [1.54, 1.807) is 0 Å². The van der Waals surface area contributed by atoms with E-state index in [-0.39, 0.29) is 5.41 Å². The molecule has 1 rings (SSSR count). The third-order valence-electron chi connectivity index (χ3n) is 2.89. The normalized spacial score (nSPS) is 14.0. The largest absolute Gasteiger partial charge is 0.313 e. The molecule has 1 atom stereocenters. The van der Waals surface area contributed by atoms with Crippen LogP contribution in [0.25, 0.3) is 0 Å². The Morgan fingerprint density at radius 1 is 1.13 bits per heavy atom. The fourth-order valence-corrected chi connectivity index (χ4v) is 2.20. The maximum Gasteiger partial charge on any atom is 0.0369 e. The molecule has 84 valence electrons. The summed E-state index contributed by atoms with van der Waals surface area (Å²) in [5.74, 6) is 0. The third kappa shape index (κ3) is 2.82. The highest BCUT2D eigenvalue weighted by molar-refractivity contribution is 5.33. The highest BCUT2D eigenvalue weighted by atomic mass is 14.9. The lowest BCUT2D eigenvalue weighted by atomic mass is 9.81. The van der Waals surface area contributed by atoms with Crippen molar-refractivity contribution in [3.8, 4) is 0 Å². The van der Waals surface area contributed by atoms with Crippen molar-refractivity contribution < 1.29 is 0 Å². The smallest absolute Gasteiger partial charge is 0.0369 e. The molecule has 0 aliphatic carbocycles. The molecule has 0 radical (unpaired) electrons. The number of nitrogens with one attached hydrogen (secondary N) is 1. The molecule has 1 N–H and O–H groups in total. The zero-order valence-corrected chi connectivity index (χ0v) is 10.8. The van der Waals surface area contributed by atoms with Crippen LogP contribution < -0.4 is 5.32 Å². The second-order valence-corrected chi connectivity index (χ2v) is 5.45. The Labute approximate surface area is 93.9 Å². The quantitative estimate of drug-likeness (QED) is 0.777. The SMILES string of the molecule is CNC(c1ccc(C)cc1C)C(C)(C)C. The van der Waals surface area contributed by atoms with Gasteiger partial charge in [0.1, 0.15) is 0 Å². The van der Waals surface area contributed by atoms with Crippen LogP contribution in [0.15, 0.2) is 18.2 Å². The van der Waals surface area contributed by atoms with Gasteiger partial charge in [0.15, 0.2) is 0 Å². The standard InChI is InChI=1S/C14H23N/c1-10-7-8-12(11(2)9-10)13(15-6)14(3,4)5/h7-9,13,15H,1-6H3. The minimum absolute atomic E-state index is 0.245. The Morgan fingerprint density at radius 3 is 2.13 bits per heavy atom. The van der Waals surface area contributed by atoms with Crippen LogP contribution in [0.4, 0.5) is 0 Å². The van der Waals surface area contributed by atoms with Gasteiger partial charge in [0.05, 0.1) is 0 Å². The Kier molecular flexibility index (Phi) is 3.56. The summed E-state index contributed by atoms with van der Waals surface area (Å²) < 4.78 is 0. The number of aryl methyl sites for hydroxylation is 2. The van der Waals surface area contributed by atoms with E-state index in [1.165, 1.54) is 16.7 Å². The van der Waals surface area contributed by atoms with Gasteiger partial charge in [-0.3, -0.25) is 0 Å². The summed E-state index contributed by atoms with van der Waals surface area (Å²) >= 11 is 0. The summed E-state index contributed by atoms with van der Waals surface area (Å²) in [5, 5.41) is 3.42. The molecule has 0 aromatic heterocycles. The summed E-state index contributed by atoms with van der Waals surface area (Å²) in [4.78, 5) is 0. The molecule has 1 heteroatoms. The highest BCUT2D eigenvalue weighted by Gasteiger charge is 2.25. The predicted molar refractivity (Wildman–Crippen MR) is 67.2 cm³/mol. The van der Waals surface area contributed by atoms with E-state index in [2.05, 4.69) is 58.1 Å². The molecular weight excluding hydrogens is 182 g/mol. The van der Waals surface area contributed by atoms with Crippen molar-refractivity contribution in [3.63, 3.8) is 0 Å². The van der Waals surface area contributed by atoms with Crippen molar-refractivity contribution in [2.24, 2.45) is 5.41 Å². The van der Waals surface area contributed by atoms with Crippen molar-refractivity contribution in [1.82, 2.24) is 5.32 Å². The van der Waals surface area contributed by atoms with Crippen molar-refractivity contribution in [1.29, 1.82) is 0 Å². The zero-order valence-electron chi connectivity index (χ0n) is 10.8. The van der Waals surface area contributed by atoms with Crippen LogP contribution >= 0.6 is 0 Å². The van der Waals surface area contributed by atoms with E-state index in [4.69, 9.17) is 0 Å². The average molecular weight is 205 g/mol. The summed E-state index contributed by atoms with van der Waals surface area (Å²) in [6.07, 6.45) is 0. The highest BCUT2D eigenvalue weighted by Crippen LogP contribution is 2.34. The Balaban J connectivity index is 3.13. The van der Waals surface area contributed by atoms with Crippen LogP contribution in [-0.2, 0) is 0 Å². The monoisotopic (exact) mass is 205 g/mol. The Bertz CT molecular complexity index is 334. The van der Waals surface area contributed by atoms with E-state index in [0.717, 1.165) is 0 Å². The fraction of sp³-hybridized carbons (Fsp3) is 0.571. The third-order valence-corrected chi connectivity index (χ3v) is 2.89. The number of rotatable bonds is 2. The van der Waals surface area contributed by atoms with Gasteiger partial charge in [-0.25, -0.2) is 0 Å². The molecule has 0 heterocycles. The summed E-state index contributed by atoms with van der Waals surface area (Å²) in [6.45, 7) is 11.1. The second-order valence-electron chi connectivity index (χ2n) is 5.45. The molecule has 0 fully saturated rings. The molecule has 1 aromatic rings. The minimum atomic E-state index is 0.245. The van der Waals surface area contributed by atoms with Gasteiger partial charge < -0.3 is 5.32 Å². The van der Waals surface area contributed by atoms with Crippen LogP contribution in [0.1, 0.15) is 43.5 Å². The van der Waals surface area contributed by atoms with Gasteiger partial charge in [-0.05, 0) is 37.4 Å². The van der Waals surface area contributed by atoms with Crippen molar-refractivity contribution in [2.45, 2.75) is 40.7 Å². The maximum atomic E-state index is 3.42. The molecule has 0 spiro atoms. The molecule has 1 nitrogen and oxygen atoms in total. The molecular formula is C14H23N. The van der Waals surface area contributed by atoms with Gasteiger partial charge in [-0.15, -0.1) is 0 Å². The predicted octanol–water partition coefficient (Wildman–Crippen LogP) is 3.61. The fourth-order valence-electron chi connectivity index (χ4n) is 2.20. The van der Waals surface area contributed by atoms with Crippen molar-refractivity contribution in [2.75, 3.05) is 7.05 Å². The van der Waals surface area contributed by atoms with Gasteiger partial charge in [-0.1, -0.05) is 44.5 Å². The first-order chi connectivity index (χ1) is 6.86. The Morgan fingerprint density at radius 2 is 1.73 bits per heavy atom. The van der Waals surface area contributed by atoms with E-state index >= 15 is 0 Å². The zero-order chi connectivity index (χ0) is 11.6. The van der Waals surface area contributed by atoms with E-state index in [1.807, 2.05) is 7.05 Å². The first kappa shape index (κ1) is 12.3. The first-order valence-electron chi connectivity index (χ1n) is 5.60. The van der Waals surface area contributed by atoms with Gasteiger partial charge in [-0.2, -0.15) is 0 Å². The van der Waals surface area contributed by atoms with E-state index < -0.39 is 0 Å². The molecule has 15 heavy (non-hydrogen) atoms. The van der Waals surface area contributed by atoms with Gasteiger partial charge in [0.2, 0.25) is 0 Å². The van der Waals surface area contributed by atoms with Gasteiger partial charge in [0.25, 0.3) is 0 Å². The summed E-state index contributed by atoms with van der Waals surface area (Å²) in [5.41, 5.74) is 4.37. The second kappa shape index (κ2) is 4.36. The lowest BCUT2D eigenvalue weighted by molar-refractivity contribution is 0.286. The van der Waals surface area contributed by atoms with Crippen LogP contribution in [-0.4, -0.2) is 7.05 Å². The van der Waals surface area contributed by atoms with E-state index in [9.17, 15) is 0 Å². The van der Waals surface area contributed by atoms with Crippen LogP contribution in [0.2, 0.25) is 0 Å². The molecule has 1 aromatic carbocycles. The van der Waals surface area contributed by atoms with Crippen LogP contribution in [0.3, 0.4) is 0 Å². The molecule has 0 saturated heterocycles. The topological polar surface area (TPSA) is 12.0 Å². The van der Waals surface area contributed by atoms with Crippen molar-refractivity contribution >= 4 is 0 Å². The summed E-state index contributed by atoms with van der Waals surface area (Å²) in [6, 6.07) is 7.11. The summed E-state index contributed by atoms with van der Waals surface area (Å²) in [7, 11) is 2.04. The van der Waals surface area contributed by atoms with Crippen molar-refractivity contribution in [3.05, 3.63) is 34.9 Å². The Hall–Kier alpha value is -0.820. The van der Waals surface area contributed by atoms with Gasteiger partial charge >= 0.3 is 0 Å². The number of hydrogen-bond donors (Lipinski definition) is 1. The lowest BCUT2D eigenvalue weighted by Crippen LogP contribution is -2.30. The number of benzene rings is 1. The van der Waals surface area contributed by atoms with E-state index in [0.29, 0.717) is 6.04 Å². The maximum absolute atomic E-state index is 3.42. The number of hydrogen-bond acceptors (Lipinski definition) is 1. The van der Waals surface area contributed by atoms with Crippen LogP contribution in [0.5, 0.6) is 0 Å². The van der Waals surface area contributed by atoms with Gasteiger partial charge in [0, 0.05) is 6.04 Å². The minimum Gasteiger partial charge on any atom is -0.313 e. The lowest BCUT2D eigenvalue weighted by Gasteiger charge is -2.32. The molecule has 1 unspecified atom stereocenters. The molecule has 0 saturated carbocycles. The molecule has 0 aliphatic rings. The first-order valence-corrected chi connectivity index (χ1v) is 5.60. The van der Waals surface area contributed by atoms with Crippen LogP contribution in [0, 0.1) is 19.3 Å². The molecule has 0 amide bonds. The molecule has 0 aliphatic heterocycles. The molecule has 0 bridgehead atoms. The average Bonchev–Trinajstić information content (AvgIpc) is 2.07.